The molecule has 4 heterocycles. The van der Waals surface area contributed by atoms with Crippen molar-refractivity contribution < 1.29 is 29.0 Å². The highest BCUT2D eigenvalue weighted by atomic mass is 79.9. The number of alkyl halides is 2. The Hall–Kier alpha value is -6.00. The van der Waals surface area contributed by atoms with Crippen LogP contribution < -0.4 is 11.5 Å². The van der Waals surface area contributed by atoms with Gasteiger partial charge in [-0.15, -0.1) is 0 Å². The Kier molecular flexibility index (Phi) is 14.9. The van der Waals surface area contributed by atoms with Crippen LogP contribution >= 0.6 is 31.9 Å². The standard InChI is InChI=1S/C23H22N4O3.C21H20N4O3.C4H8Br2/c24-22-25-18-8-7-16(23(21(29)30)9-3-4-10-23)11-17(18)19(26-22)20(28)27-12-14-5-1-2-6-15(14)13-27;1-2-28-18(26)10-13-7-8-17-16(9-13)19(24-21(22)23-17)20(27)25-11-14-5-3-4-6-15(14)12-25;5-3-1-2-4-6/h1-2,5-8,11H,3-4,9-10,12-13H2,(H,29,30)(H2,24,25,26);3-9H,2,10-12H2,1H3,(H2,22,23,24);1-4H2. The van der Waals surface area contributed by atoms with E-state index in [1.165, 1.54) is 12.8 Å². The minimum Gasteiger partial charge on any atom is -0.481 e. The highest BCUT2D eigenvalue weighted by molar-refractivity contribution is 9.09. The van der Waals surface area contributed by atoms with E-state index in [-0.39, 0.29) is 47.5 Å². The van der Waals surface area contributed by atoms with Crippen LogP contribution in [0.25, 0.3) is 21.8 Å². The van der Waals surface area contributed by atoms with Crippen LogP contribution in [-0.2, 0) is 52.3 Å². The van der Waals surface area contributed by atoms with Gasteiger partial charge in [0.2, 0.25) is 11.9 Å². The highest BCUT2D eigenvalue weighted by Gasteiger charge is 2.43. The Balaban J connectivity index is 0.000000170. The van der Waals surface area contributed by atoms with Crippen molar-refractivity contribution in [2.75, 3.05) is 28.7 Å². The van der Waals surface area contributed by atoms with Crippen LogP contribution in [0.4, 0.5) is 11.9 Å². The summed E-state index contributed by atoms with van der Waals surface area (Å²) >= 11 is 6.66. The summed E-state index contributed by atoms with van der Waals surface area (Å²) in [6.45, 7) is 4.18. The smallest absolute Gasteiger partial charge is 0.314 e. The van der Waals surface area contributed by atoms with Crippen LogP contribution in [0.2, 0.25) is 0 Å². The number of nitrogens with two attached hydrogens (primary N) is 2. The molecule has 0 bridgehead atoms. The van der Waals surface area contributed by atoms with E-state index < -0.39 is 11.4 Å². The van der Waals surface area contributed by atoms with Gasteiger partial charge in [0, 0.05) is 47.6 Å². The van der Waals surface area contributed by atoms with Gasteiger partial charge in [-0.2, -0.15) is 0 Å². The fourth-order valence-corrected chi connectivity index (χ4v) is 9.29. The number of fused-ring (bicyclic) bond motifs is 4. The van der Waals surface area contributed by atoms with Gasteiger partial charge in [0.05, 0.1) is 29.5 Å². The number of carboxylic acid groups (broad SMARTS) is 1. The maximum Gasteiger partial charge on any atom is 0.314 e. The molecule has 0 radical (unpaired) electrons. The Bertz CT molecular complexity index is 2660. The number of halogens is 2. The van der Waals surface area contributed by atoms with Crippen molar-refractivity contribution in [3.05, 3.63) is 130 Å². The number of aliphatic carboxylic acids is 1. The second-order valence-corrected chi connectivity index (χ2v) is 17.6. The topological polar surface area (TPSA) is 208 Å². The highest BCUT2D eigenvalue weighted by Crippen LogP contribution is 2.42. The van der Waals surface area contributed by atoms with Crippen molar-refractivity contribution in [2.24, 2.45) is 0 Å². The fourth-order valence-electron chi connectivity index (χ4n) is 8.50. The van der Waals surface area contributed by atoms with E-state index in [9.17, 15) is 24.3 Å². The van der Waals surface area contributed by atoms with E-state index >= 15 is 0 Å². The summed E-state index contributed by atoms with van der Waals surface area (Å²) in [6.07, 6.45) is 5.62. The monoisotopic (exact) mass is 992 g/mol. The molecule has 1 fully saturated rings. The number of esters is 1. The fraction of sp³-hybridized carbons (Fsp3) is 0.333. The predicted molar refractivity (Wildman–Crippen MR) is 253 cm³/mol. The molecule has 0 unspecified atom stereocenters. The largest absolute Gasteiger partial charge is 0.481 e. The van der Waals surface area contributed by atoms with Gasteiger partial charge in [-0.05, 0) is 90.3 Å². The Morgan fingerprint density at radius 1 is 0.672 bits per heavy atom. The molecule has 0 atom stereocenters. The van der Waals surface area contributed by atoms with Crippen molar-refractivity contribution in [3.63, 3.8) is 0 Å². The molecular formula is C48H50Br2N8O6. The molecule has 332 valence electrons. The summed E-state index contributed by atoms with van der Waals surface area (Å²) in [5.74, 6) is -1.49. The summed E-state index contributed by atoms with van der Waals surface area (Å²) in [7, 11) is 0. The number of anilines is 2. The van der Waals surface area contributed by atoms with Gasteiger partial charge < -0.3 is 31.1 Å². The Morgan fingerprint density at radius 2 is 1.12 bits per heavy atom. The van der Waals surface area contributed by atoms with Crippen molar-refractivity contribution in [1.82, 2.24) is 29.7 Å². The molecule has 2 aromatic heterocycles. The Labute approximate surface area is 388 Å². The van der Waals surface area contributed by atoms with E-state index in [0.29, 0.717) is 73.0 Å². The lowest BCUT2D eigenvalue weighted by molar-refractivity contribution is -0.144. The van der Waals surface area contributed by atoms with Gasteiger partial charge in [-0.1, -0.05) is 105 Å². The molecule has 5 N–H and O–H groups in total. The predicted octanol–water partition coefficient (Wildman–Crippen LogP) is 8.29. The zero-order valence-corrected chi connectivity index (χ0v) is 38.7. The van der Waals surface area contributed by atoms with Crippen LogP contribution in [0.1, 0.15) is 99.8 Å². The van der Waals surface area contributed by atoms with Crippen LogP contribution in [-0.4, -0.2) is 75.9 Å². The van der Waals surface area contributed by atoms with Gasteiger partial charge in [-0.3, -0.25) is 19.2 Å². The Morgan fingerprint density at radius 3 is 1.56 bits per heavy atom. The van der Waals surface area contributed by atoms with E-state index in [1.54, 1.807) is 53.1 Å². The first-order valence-corrected chi connectivity index (χ1v) is 23.6. The number of aromatic nitrogens is 4. The second kappa shape index (κ2) is 20.7. The average molecular weight is 995 g/mol. The number of unbranched alkanes of at least 4 members (excludes halogenated alkanes) is 1. The first-order chi connectivity index (χ1) is 30.9. The number of ether oxygens (including phenoxy) is 1. The minimum atomic E-state index is -0.917. The van der Waals surface area contributed by atoms with Crippen molar-refractivity contribution in [2.45, 2.75) is 83.5 Å². The van der Waals surface area contributed by atoms with Crippen LogP contribution in [0, 0.1) is 0 Å². The molecule has 6 aromatic rings. The van der Waals surface area contributed by atoms with E-state index in [2.05, 4.69) is 51.8 Å². The molecule has 1 saturated carbocycles. The summed E-state index contributed by atoms with van der Waals surface area (Å²) < 4.78 is 5.01. The zero-order valence-electron chi connectivity index (χ0n) is 35.6. The van der Waals surface area contributed by atoms with Crippen LogP contribution in [0.5, 0.6) is 0 Å². The second-order valence-electron chi connectivity index (χ2n) is 16.0. The maximum atomic E-state index is 13.4. The molecule has 2 aliphatic heterocycles. The lowest BCUT2D eigenvalue weighted by Crippen LogP contribution is -2.32. The van der Waals surface area contributed by atoms with Crippen LogP contribution in [0.3, 0.4) is 0 Å². The molecule has 64 heavy (non-hydrogen) atoms. The summed E-state index contributed by atoms with van der Waals surface area (Å²) in [5, 5.41) is 13.4. The number of carbonyl (C=O) groups is 4. The van der Waals surface area contributed by atoms with E-state index in [1.807, 2.05) is 48.5 Å². The third-order valence-electron chi connectivity index (χ3n) is 11.7. The number of carbonyl (C=O) groups excluding carboxylic acids is 3. The minimum absolute atomic E-state index is 0.0316. The summed E-state index contributed by atoms with van der Waals surface area (Å²) in [4.78, 5) is 71.0. The molecule has 4 aromatic carbocycles. The molecule has 0 spiro atoms. The number of carboxylic acids is 1. The van der Waals surface area contributed by atoms with Gasteiger partial charge in [0.1, 0.15) is 11.4 Å². The number of hydrogen-bond donors (Lipinski definition) is 3. The normalized spacial score (nSPS) is 14.5. The van der Waals surface area contributed by atoms with Gasteiger partial charge in [0.15, 0.2) is 0 Å². The van der Waals surface area contributed by atoms with E-state index in [4.69, 9.17) is 16.2 Å². The lowest BCUT2D eigenvalue weighted by atomic mass is 9.78. The number of benzene rings is 4. The summed E-state index contributed by atoms with van der Waals surface area (Å²) in [5.41, 5.74) is 18.3. The third-order valence-corrected chi connectivity index (χ3v) is 12.9. The molecule has 2 amide bonds. The third kappa shape index (κ3) is 10.2. The van der Waals surface area contributed by atoms with Crippen LogP contribution in [0.15, 0.2) is 84.9 Å². The lowest BCUT2D eigenvalue weighted by Gasteiger charge is -2.25. The van der Waals surface area contributed by atoms with Gasteiger partial charge in [-0.25, -0.2) is 19.9 Å². The first kappa shape index (κ1) is 46.0. The van der Waals surface area contributed by atoms with Crippen molar-refractivity contribution >= 4 is 89.3 Å². The maximum absolute atomic E-state index is 13.4. The first-order valence-electron chi connectivity index (χ1n) is 21.3. The quantitative estimate of drug-likeness (QED) is 0.0673. The number of hydrogen-bond acceptors (Lipinski definition) is 11. The van der Waals surface area contributed by atoms with Crippen molar-refractivity contribution in [3.8, 4) is 0 Å². The summed E-state index contributed by atoms with van der Waals surface area (Å²) in [6, 6.07) is 26.6. The number of nitrogen functional groups attached to an aromatic ring is 2. The molecule has 14 nitrogen and oxygen atoms in total. The molecule has 16 heteroatoms. The molecular weight excluding hydrogens is 944 g/mol. The molecule has 3 aliphatic rings. The number of amides is 2. The average Bonchev–Trinajstić information content (AvgIpc) is 4.08. The SMILES string of the molecule is BrCCCCBr.CCOC(=O)Cc1ccc2nc(N)nc(C(=O)N3Cc4ccccc4C3)c2c1.Nc1nc(C(=O)N2Cc3ccccc3C2)c2cc(C3(C(=O)O)CCCC3)ccc2n1. The molecule has 9 rings (SSSR count). The molecule has 1 aliphatic carbocycles. The molecule has 0 saturated heterocycles. The van der Waals surface area contributed by atoms with E-state index in [0.717, 1.165) is 51.3 Å². The van der Waals surface area contributed by atoms with Gasteiger partial charge >= 0.3 is 11.9 Å². The number of nitrogens with zero attached hydrogens (tertiary/aromatic N) is 6. The number of rotatable bonds is 10. The zero-order chi connectivity index (χ0) is 45.4. The van der Waals surface area contributed by atoms with Gasteiger partial charge in [0.25, 0.3) is 11.8 Å². The van der Waals surface area contributed by atoms with Crippen molar-refractivity contribution in [1.29, 1.82) is 0 Å².